The van der Waals surface area contributed by atoms with E-state index in [0.717, 1.165) is 11.4 Å². The Morgan fingerprint density at radius 1 is 0.483 bits per heavy atom. The summed E-state index contributed by atoms with van der Waals surface area (Å²) in [5.74, 6) is 0.0886. The molecule has 2 nitrogen and oxygen atoms in total. The zero-order valence-corrected chi connectivity index (χ0v) is 16.0. The van der Waals surface area contributed by atoms with Crippen LogP contribution in [-0.2, 0) is 0 Å². The average molecular weight is 374 g/mol. The molecule has 0 saturated carbocycles. The van der Waals surface area contributed by atoms with Crippen LogP contribution in [0.5, 0.6) is 0 Å². The molecule has 0 spiro atoms. The summed E-state index contributed by atoms with van der Waals surface area (Å²) in [7, 11) is 0. The van der Waals surface area contributed by atoms with Crippen molar-refractivity contribution < 1.29 is 0 Å². The molecule has 0 radical (unpaired) electrons. The largest absolute Gasteiger partial charge is 0.399 e. The third-order valence-electron chi connectivity index (χ3n) is 5.65. The Kier molecular flexibility index (Phi) is 4.18. The van der Waals surface area contributed by atoms with Crippen molar-refractivity contribution in [2.45, 2.75) is 5.92 Å². The lowest BCUT2D eigenvalue weighted by Gasteiger charge is -2.22. The molecule has 0 aliphatic heterocycles. The molecule has 0 aliphatic carbocycles. The van der Waals surface area contributed by atoms with Crippen molar-refractivity contribution in [2.24, 2.45) is 0 Å². The summed E-state index contributed by atoms with van der Waals surface area (Å²) in [5.41, 5.74) is 17.2. The summed E-state index contributed by atoms with van der Waals surface area (Å²) in [6.45, 7) is 0. The van der Waals surface area contributed by atoms with Gasteiger partial charge in [0.25, 0.3) is 0 Å². The second-order valence-corrected chi connectivity index (χ2v) is 7.50. The number of anilines is 2. The van der Waals surface area contributed by atoms with Gasteiger partial charge in [0.15, 0.2) is 0 Å². The summed E-state index contributed by atoms with van der Waals surface area (Å²) < 4.78 is 0. The van der Waals surface area contributed by atoms with Crippen molar-refractivity contribution in [2.75, 3.05) is 11.5 Å². The van der Waals surface area contributed by atoms with Gasteiger partial charge in [-0.05, 0) is 68.6 Å². The molecule has 0 atom stereocenters. The minimum Gasteiger partial charge on any atom is -0.399 e. The minimum atomic E-state index is 0.0886. The molecule has 29 heavy (non-hydrogen) atoms. The van der Waals surface area contributed by atoms with Gasteiger partial charge < -0.3 is 11.5 Å². The second-order valence-electron chi connectivity index (χ2n) is 7.50. The molecule has 5 aromatic rings. The Morgan fingerprint density at radius 2 is 0.966 bits per heavy atom. The minimum absolute atomic E-state index is 0.0886. The highest BCUT2D eigenvalue weighted by molar-refractivity contribution is 6.09. The number of hydrogen-bond donors (Lipinski definition) is 2. The van der Waals surface area contributed by atoms with Gasteiger partial charge in [-0.25, -0.2) is 0 Å². The van der Waals surface area contributed by atoms with E-state index in [4.69, 9.17) is 11.5 Å². The Balaban J connectivity index is 1.85. The molecule has 2 heteroatoms. The van der Waals surface area contributed by atoms with E-state index in [0.29, 0.717) is 0 Å². The van der Waals surface area contributed by atoms with E-state index in [1.54, 1.807) is 0 Å². The van der Waals surface area contributed by atoms with Gasteiger partial charge in [0.2, 0.25) is 0 Å². The van der Waals surface area contributed by atoms with Crippen molar-refractivity contribution in [1.29, 1.82) is 0 Å². The topological polar surface area (TPSA) is 52.0 Å². The maximum Gasteiger partial charge on any atom is 0.0346 e. The Bertz CT molecular complexity index is 1260. The first-order valence-corrected chi connectivity index (χ1v) is 9.82. The van der Waals surface area contributed by atoms with Crippen LogP contribution in [0.1, 0.15) is 22.6 Å². The van der Waals surface area contributed by atoms with Crippen LogP contribution in [0.3, 0.4) is 0 Å². The zero-order chi connectivity index (χ0) is 19.8. The lowest BCUT2D eigenvalue weighted by atomic mass is 9.81. The SMILES string of the molecule is Nc1ccc(C(c2ccc(N)cc2)c2cc3ccccc3c3ccccc23)cc1. The molecule has 0 saturated heterocycles. The Morgan fingerprint density at radius 3 is 1.55 bits per heavy atom. The van der Waals surface area contributed by atoms with Crippen molar-refractivity contribution in [3.8, 4) is 0 Å². The average Bonchev–Trinajstić information content (AvgIpc) is 2.76. The molecule has 0 heterocycles. The van der Waals surface area contributed by atoms with E-state index in [2.05, 4.69) is 78.9 Å². The number of benzene rings is 5. The van der Waals surface area contributed by atoms with Gasteiger partial charge in [0, 0.05) is 17.3 Å². The molecule has 4 N–H and O–H groups in total. The maximum atomic E-state index is 5.97. The summed E-state index contributed by atoms with van der Waals surface area (Å²) in [4.78, 5) is 0. The van der Waals surface area contributed by atoms with Gasteiger partial charge in [0.1, 0.15) is 0 Å². The van der Waals surface area contributed by atoms with Crippen molar-refractivity contribution in [3.05, 3.63) is 120 Å². The van der Waals surface area contributed by atoms with E-state index in [9.17, 15) is 0 Å². The summed E-state index contributed by atoms with van der Waals surface area (Å²) in [6.07, 6.45) is 0. The van der Waals surface area contributed by atoms with Crippen LogP contribution < -0.4 is 11.5 Å². The fourth-order valence-corrected chi connectivity index (χ4v) is 4.25. The first-order valence-electron chi connectivity index (χ1n) is 9.82. The number of nitrogen functional groups attached to an aromatic ring is 2. The van der Waals surface area contributed by atoms with E-state index in [1.165, 1.54) is 38.2 Å². The molecule has 0 aromatic heterocycles. The number of fused-ring (bicyclic) bond motifs is 3. The highest BCUT2D eigenvalue weighted by Gasteiger charge is 2.20. The Hall–Kier alpha value is -3.78. The van der Waals surface area contributed by atoms with E-state index in [1.807, 2.05) is 24.3 Å². The molecule has 0 amide bonds. The summed E-state index contributed by atoms with van der Waals surface area (Å²) in [5, 5.41) is 5.07. The molecule has 0 fully saturated rings. The number of rotatable bonds is 3. The van der Waals surface area contributed by atoms with E-state index >= 15 is 0 Å². The third kappa shape index (κ3) is 3.09. The van der Waals surface area contributed by atoms with Gasteiger partial charge in [-0.3, -0.25) is 0 Å². The van der Waals surface area contributed by atoms with E-state index < -0.39 is 0 Å². The molecular formula is C27H22N2. The summed E-state index contributed by atoms with van der Waals surface area (Å²) in [6, 6.07) is 36.0. The van der Waals surface area contributed by atoms with Crippen LogP contribution in [0.25, 0.3) is 21.5 Å². The van der Waals surface area contributed by atoms with Gasteiger partial charge in [-0.15, -0.1) is 0 Å². The molecule has 0 bridgehead atoms. The molecule has 0 unspecified atom stereocenters. The monoisotopic (exact) mass is 374 g/mol. The van der Waals surface area contributed by atoms with Crippen LogP contribution in [0.4, 0.5) is 11.4 Å². The standard InChI is InChI=1S/C27H22N2/c28-21-13-9-18(10-14-21)27(19-11-15-22(29)16-12-19)26-17-20-5-1-2-6-23(20)24-7-3-4-8-25(24)26/h1-17,27H,28-29H2. The smallest absolute Gasteiger partial charge is 0.0346 e. The van der Waals surface area contributed by atoms with Gasteiger partial charge in [-0.1, -0.05) is 72.8 Å². The van der Waals surface area contributed by atoms with E-state index in [-0.39, 0.29) is 5.92 Å². The highest BCUT2D eigenvalue weighted by atomic mass is 14.5. The maximum absolute atomic E-state index is 5.97. The number of nitrogens with two attached hydrogens (primary N) is 2. The van der Waals surface area contributed by atoms with Gasteiger partial charge in [-0.2, -0.15) is 0 Å². The molecule has 5 rings (SSSR count). The predicted octanol–water partition coefficient (Wildman–Crippen LogP) is 6.34. The summed E-state index contributed by atoms with van der Waals surface area (Å²) >= 11 is 0. The molecule has 140 valence electrons. The predicted molar refractivity (Wildman–Crippen MR) is 124 cm³/mol. The van der Waals surface area contributed by atoms with Gasteiger partial charge >= 0.3 is 0 Å². The normalized spacial score (nSPS) is 11.3. The van der Waals surface area contributed by atoms with Crippen LogP contribution in [0.15, 0.2) is 103 Å². The Labute approximate surface area is 170 Å². The lowest BCUT2D eigenvalue weighted by molar-refractivity contribution is 0.992. The van der Waals surface area contributed by atoms with Crippen LogP contribution in [0.2, 0.25) is 0 Å². The van der Waals surface area contributed by atoms with Crippen LogP contribution >= 0.6 is 0 Å². The fraction of sp³-hybridized carbons (Fsp3) is 0.0370. The van der Waals surface area contributed by atoms with Crippen molar-refractivity contribution in [3.63, 3.8) is 0 Å². The third-order valence-corrected chi connectivity index (χ3v) is 5.65. The first kappa shape index (κ1) is 17.3. The highest BCUT2D eigenvalue weighted by Crippen LogP contribution is 2.39. The quantitative estimate of drug-likeness (QED) is 0.220. The fourth-order valence-electron chi connectivity index (χ4n) is 4.25. The zero-order valence-electron chi connectivity index (χ0n) is 16.0. The van der Waals surface area contributed by atoms with Crippen molar-refractivity contribution >= 4 is 32.9 Å². The number of hydrogen-bond acceptors (Lipinski definition) is 2. The lowest BCUT2D eigenvalue weighted by Crippen LogP contribution is -2.05. The first-order chi connectivity index (χ1) is 14.2. The van der Waals surface area contributed by atoms with Crippen LogP contribution in [-0.4, -0.2) is 0 Å². The van der Waals surface area contributed by atoms with Gasteiger partial charge in [0.05, 0.1) is 0 Å². The van der Waals surface area contributed by atoms with Crippen LogP contribution in [0, 0.1) is 0 Å². The second kappa shape index (κ2) is 6.99. The molecule has 0 aliphatic rings. The molecular weight excluding hydrogens is 352 g/mol. The van der Waals surface area contributed by atoms with Crippen molar-refractivity contribution in [1.82, 2.24) is 0 Å². The molecule has 5 aromatic carbocycles.